The number of nitrogens with zero attached hydrogens (tertiary/aromatic N) is 4. The predicted molar refractivity (Wildman–Crippen MR) is 64.6 cm³/mol. The molecule has 2 rings (SSSR count). The number of nitrogens with two attached hydrogens (primary N) is 1. The van der Waals surface area contributed by atoms with Gasteiger partial charge in [0.25, 0.3) is 0 Å². The average Bonchev–Trinajstić information content (AvgIpc) is 2.67. The fourth-order valence-corrected chi connectivity index (χ4v) is 1.56. The second-order valence-electron chi connectivity index (χ2n) is 3.03. The normalized spacial score (nSPS) is 10.5. The van der Waals surface area contributed by atoms with Gasteiger partial charge in [0.15, 0.2) is 0 Å². The summed E-state index contributed by atoms with van der Waals surface area (Å²) >= 11 is 2.19. The van der Waals surface area contributed by atoms with Gasteiger partial charge >= 0.3 is 0 Å². The molecule has 0 radical (unpaired) electrons. The van der Waals surface area contributed by atoms with Gasteiger partial charge in [-0.1, -0.05) is 0 Å². The maximum Gasteiger partial charge on any atom is 0.250 e. The number of halogens is 1. The molecule has 0 aliphatic heterocycles. The molecule has 0 atom stereocenters. The summed E-state index contributed by atoms with van der Waals surface area (Å²) in [5.41, 5.74) is 6.48. The van der Waals surface area contributed by atoms with Gasteiger partial charge in [0.1, 0.15) is 0 Å². The molecule has 0 bridgehead atoms. The third-order valence-corrected chi connectivity index (χ3v) is 2.44. The van der Waals surface area contributed by atoms with E-state index in [0.29, 0.717) is 12.5 Å². The summed E-state index contributed by atoms with van der Waals surface area (Å²) in [6, 6.07) is 0. The van der Waals surface area contributed by atoms with E-state index in [9.17, 15) is 0 Å². The molecule has 2 heterocycles. The summed E-state index contributed by atoms with van der Waals surface area (Å²) in [6.07, 6.45) is 8.00. The van der Waals surface area contributed by atoms with E-state index < -0.39 is 0 Å². The number of rotatable bonds is 3. The molecule has 0 aliphatic carbocycles. The lowest BCUT2D eigenvalue weighted by molar-refractivity contribution is 0.799. The molecule has 0 saturated heterocycles. The van der Waals surface area contributed by atoms with Crippen molar-refractivity contribution in [1.29, 1.82) is 0 Å². The van der Waals surface area contributed by atoms with E-state index in [4.69, 9.17) is 5.73 Å². The topological polar surface area (TPSA) is 69.6 Å². The highest BCUT2D eigenvalue weighted by Gasteiger charge is 2.01. The minimum Gasteiger partial charge on any atom is -0.330 e. The highest BCUT2D eigenvalue weighted by atomic mass is 127. The van der Waals surface area contributed by atoms with Crippen molar-refractivity contribution >= 4 is 22.6 Å². The molecule has 5 nitrogen and oxygen atoms in total. The molecule has 0 aromatic carbocycles. The van der Waals surface area contributed by atoms with Crippen LogP contribution in [0.15, 0.2) is 24.8 Å². The Morgan fingerprint density at radius 2 is 2.00 bits per heavy atom. The molecule has 15 heavy (non-hydrogen) atoms. The van der Waals surface area contributed by atoms with Crippen LogP contribution in [0.2, 0.25) is 0 Å². The molecule has 6 heteroatoms. The molecule has 0 fully saturated rings. The SMILES string of the molecule is NCCc1cnc(-n2cc(I)cn2)nc1. The molecule has 78 valence electrons. The number of hydrogen-bond acceptors (Lipinski definition) is 4. The molecule has 0 amide bonds. The predicted octanol–water partition coefficient (Wildman–Crippen LogP) is 0.768. The molecular weight excluding hydrogens is 305 g/mol. The van der Waals surface area contributed by atoms with E-state index in [1.165, 1.54) is 0 Å². The van der Waals surface area contributed by atoms with E-state index in [2.05, 4.69) is 37.7 Å². The highest BCUT2D eigenvalue weighted by molar-refractivity contribution is 14.1. The first-order valence-electron chi connectivity index (χ1n) is 4.51. The maximum atomic E-state index is 5.44. The Bertz CT molecular complexity index is 436. The van der Waals surface area contributed by atoms with Crippen LogP contribution in [-0.2, 0) is 6.42 Å². The van der Waals surface area contributed by atoms with Gasteiger partial charge in [-0.2, -0.15) is 5.10 Å². The van der Waals surface area contributed by atoms with Gasteiger partial charge < -0.3 is 5.73 Å². The molecule has 0 saturated carbocycles. The maximum absolute atomic E-state index is 5.44. The van der Waals surface area contributed by atoms with Crippen LogP contribution in [0.1, 0.15) is 5.56 Å². The van der Waals surface area contributed by atoms with Crippen LogP contribution in [-0.4, -0.2) is 26.3 Å². The quantitative estimate of drug-likeness (QED) is 0.850. The van der Waals surface area contributed by atoms with Crippen LogP contribution in [0.3, 0.4) is 0 Å². The van der Waals surface area contributed by atoms with Crippen molar-refractivity contribution in [2.24, 2.45) is 5.73 Å². The van der Waals surface area contributed by atoms with Gasteiger partial charge in [-0.25, -0.2) is 14.6 Å². The zero-order valence-corrected chi connectivity index (χ0v) is 10.1. The monoisotopic (exact) mass is 315 g/mol. The molecule has 0 aliphatic rings. The first kappa shape index (κ1) is 10.5. The standard InChI is InChI=1S/C9H10IN5/c10-8-5-14-15(6-8)9-12-3-7(1-2-11)4-13-9/h3-6H,1-2,11H2. The van der Waals surface area contributed by atoms with Crippen LogP contribution in [0, 0.1) is 3.57 Å². The average molecular weight is 315 g/mol. The lowest BCUT2D eigenvalue weighted by atomic mass is 10.2. The Kier molecular flexibility index (Phi) is 3.27. The largest absolute Gasteiger partial charge is 0.330 e. The van der Waals surface area contributed by atoms with Gasteiger partial charge in [0.2, 0.25) is 5.95 Å². The molecule has 2 aromatic rings. The van der Waals surface area contributed by atoms with Crippen molar-refractivity contribution in [3.63, 3.8) is 0 Å². The molecule has 2 aromatic heterocycles. The van der Waals surface area contributed by atoms with Crippen molar-refractivity contribution in [3.05, 3.63) is 33.9 Å². The van der Waals surface area contributed by atoms with Crippen LogP contribution in [0.4, 0.5) is 0 Å². The minimum atomic E-state index is 0.582. The second-order valence-corrected chi connectivity index (χ2v) is 4.28. The Labute approximate surface area is 101 Å². The van der Waals surface area contributed by atoms with Gasteiger partial charge in [0.05, 0.1) is 9.77 Å². The van der Waals surface area contributed by atoms with Gasteiger partial charge in [0, 0.05) is 18.6 Å². The van der Waals surface area contributed by atoms with E-state index in [1.54, 1.807) is 23.3 Å². The molecular formula is C9H10IN5. The number of hydrogen-bond donors (Lipinski definition) is 1. The third kappa shape index (κ3) is 2.51. The van der Waals surface area contributed by atoms with Crippen LogP contribution in [0.25, 0.3) is 5.95 Å². The fourth-order valence-electron chi connectivity index (χ4n) is 1.17. The first-order valence-corrected chi connectivity index (χ1v) is 5.59. The molecule has 2 N–H and O–H groups in total. The lowest BCUT2D eigenvalue weighted by Crippen LogP contribution is -2.06. The Balaban J connectivity index is 2.23. The molecule has 0 spiro atoms. The summed E-state index contributed by atoms with van der Waals surface area (Å²) in [5.74, 6) is 0.582. The highest BCUT2D eigenvalue weighted by Crippen LogP contribution is 2.05. The fraction of sp³-hybridized carbons (Fsp3) is 0.222. The van der Waals surface area contributed by atoms with Gasteiger partial charge in [-0.05, 0) is 41.1 Å². The van der Waals surface area contributed by atoms with Crippen LogP contribution >= 0.6 is 22.6 Å². The van der Waals surface area contributed by atoms with Crippen LogP contribution in [0.5, 0.6) is 0 Å². The van der Waals surface area contributed by atoms with E-state index >= 15 is 0 Å². The summed E-state index contributed by atoms with van der Waals surface area (Å²) in [5, 5.41) is 4.12. The lowest BCUT2D eigenvalue weighted by Gasteiger charge is -2.00. The zero-order chi connectivity index (χ0) is 10.7. The first-order chi connectivity index (χ1) is 7.29. The van der Waals surface area contributed by atoms with Crippen molar-refractivity contribution in [1.82, 2.24) is 19.7 Å². The van der Waals surface area contributed by atoms with Crippen molar-refractivity contribution in [3.8, 4) is 5.95 Å². The van der Waals surface area contributed by atoms with Crippen molar-refractivity contribution in [2.45, 2.75) is 6.42 Å². The third-order valence-electron chi connectivity index (χ3n) is 1.88. The Morgan fingerprint density at radius 3 is 2.53 bits per heavy atom. The minimum absolute atomic E-state index is 0.582. The van der Waals surface area contributed by atoms with E-state index in [-0.39, 0.29) is 0 Å². The van der Waals surface area contributed by atoms with E-state index in [0.717, 1.165) is 15.6 Å². The van der Waals surface area contributed by atoms with E-state index in [1.807, 2.05) is 6.20 Å². The molecule has 0 unspecified atom stereocenters. The zero-order valence-electron chi connectivity index (χ0n) is 7.97. The Morgan fingerprint density at radius 1 is 1.27 bits per heavy atom. The summed E-state index contributed by atoms with van der Waals surface area (Å²) < 4.78 is 2.70. The number of aromatic nitrogens is 4. The van der Waals surface area contributed by atoms with Gasteiger partial charge in [-0.15, -0.1) is 0 Å². The van der Waals surface area contributed by atoms with Gasteiger partial charge in [-0.3, -0.25) is 0 Å². The Hall–Kier alpha value is -1.02. The smallest absolute Gasteiger partial charge is 0.250 e. The van der Waals surface area contributed by atoms with Crippen LogP contribution < -0.4 is 5.73 Å². The summed E-state index contributed by atoms with van der Waals surface area (Å²) in [4.78, 5) is 8.42. The summed E-state index contributed by atoms with van der Waals surface area (Å²) in [7, 11) is 0. The van der Waals surface area contributed by atoms with Crippen molar-refractivity contribution in [2.75, 3.05) is 6.54 Å². The van der Waals surface area contributed by atoms with Crippen molar-refractivity contribution < 1.29 is 0 Å². The summed E-state index contributed by atoms with van der Waals surface area (Å²) in [6.45, 7) is 0.613. The second kappa shape index (κ2) is 4.67.